The van der Waals surface area contributed by atoms with Crippen molar-refractivity contribution in [1.29, 1.82) is 0 Å². The molecule has 0 bridgehead atoms. The molecule has 0 radical (unpaired) electrons. The molecular formula is C28H33ClN2O4S. The zero-order chi connectivity index (χ0) is 26.5. The molecule has 6 nitrogen and oxygen atoms in total. The van der Waals surface area contributed by atoms with E-state index >= 15 is 0 Å². The molecule has 3 rings (SSSR count). The van der Waals surface area contributed by atoms with Crippen molar-refractivity contribution in [2.75, 3.05) is 18.0 Å². The van der Waals surface area contributed by atoms with Gasteiger partial charge in [0.2, 0.25) is 5.91 Å². The number of sulfonamides is 1. The molecule has 36 heavy (non-hydrogen) atoms. The Kier molecular flexibility index (Phi) is 9.03. The second-order valence-electron chi connectivity index (χ2n) is 9.26. The van der Waals surface area contributed by atoms with Gasteiger partial charge in [0, 0.05) is 5.02 Å². The van der Waals surface area contributed by atoms with Crippen molar-refractivity contribution in [3.05, 3.63) is 88.4 Å². The molecule has 1 amide bonds. The molecule has 0 fully saturated rings. The Morgan fingerprint density at radius 3 is 2.17 bits per heavy atom. The Labute approximate surface area is 219 Å². The molecule has 8 heteroatoms. The Morgan fingerprint density at radius 1 is 0.972 bits per heavy atom. The number of aryl methyl sites for hydroxylation is 2. The van der Waals surface area contributed by atoms with Crippen LogP contribution < -0.4 is 14.4 Å². The van der Waals surface area contributed by atoms with E-state index in [1.807, 2.05) is 44.2 Å². The van der Waals surface area contributed by atoms with Gasteiger partial charge in [0.25, 0.3) is 10.0 Å². The van der Waals surface area contributed by atoms with E-state index in [4.69, 9.17) is 16.3 Å². The summed E-state index contributed by atoms with van der Waals surface area (Å²) < 4.78 is 33.7. The fourth-order valence-electron chi connectivity index (χ4n) is 3.89. The first-order valence-electron chi connectivity index (χ1n) is 11.8. The number of halogens is 1. The number of hydrogen-bond donors (Lipinski definition) is 1. The van der Waals surface area contributed by atoms with Gasteiger partial charge in [0.1, 0.15) is 12.3 Å². The topological polar surface area (TPSA) is 75.7 Å². The Bertz CT molecular complexity index is 1290. The molecule has 192 valence electrons. The Balaban J connectivity index is 1.94. The van der Waals surface area contributed by atoms with Gasteiger partial charge in [-0.2, -0.15) is 0 Å². The third-order valence-corrected chi connectivity index (χ3v) is 8.07. The van der Waals surface area contributed by atoms with Gasteiger partial charge in [-0.15, -0.1) is 0 Å². The molecule has 1 N–H and O–H groups in total. The summed E-state index contributed by atoms with van der Waals surface area (Å²) in [6.45, 7) is 7.66. The fourth-order valence-corrected chi connectivity index (χ4v) is 5.42. The van der Waals surface area contributed by atoms with E-state index in [9.17, 15) is 13.2 Å². The molecule has 0 saturated carbocycles. The number of methoxy groups -OCH3 is 1. The van der Waals surface area contributed by atoms with Crippen LogP contribution >= 0.6 is 11.6 Å². The molecule has 1 unspecified atom stereocenters. The van der Waals surface area contributed by atoms with Gasteiger partial charge in [-0.1, -0.05) is 43.6 Å². The van der Waals surface area contributed by atoms with Crippen LogP contribution in [0.2, 0.25) is 5.02 Å². The van der Waals surface area contributed by atoms with E-state index in [1.54, 1.807) is 19.2 Å². The van der Waals surface area contributed by atoms with Crippen molar-refractivity contribution in [3.63, 3.8) is 0 Å². The van der Waals surface area contributed by atoms with Gasteiger partial charge in [0.05, 0.1) is 23.7 Å². The van der Waals surface area contributed by atoms with E-state index in [-0.39, 0.29) is 17.5 Å². The summed E-state index contributed by atoms with van der Waals surface area (Å²) in [4.78, 5) is 13.4. The molecular weight excluding hydrogens is 496 g/mol. The summed E-state index contributed by atoms with van der Waals surface area (Å²) in [5.41, 5.74) is 3.31. The highest BCUT2D eigenvalue weighted by atomic mass is 35.5. The third kappa shape index (κ3) is 6.80. The first-order chi connectivity index (χ1) is 17.0. The summed E-state index contributed by atoms with van der Waals surface area (Å²) in [6.07, 6.45) is 0.700. The highest BCUT2D eigenvalue weighted by molar-refractivity contribution is 7.92. The van der Waals surface area contributed by atoms with Crippen molar-refractivity contribution in [2.45, 2.75) is 45.1 Å². The minimum atomic E-state index is -4.03. The number of nitrogens with one attached hydrogen (secondary N) is 1. The molecule has 0 aliphatic heterocycles. The van der Waals surface area contributed by atoms with Crippen LogP contribution in [-0.2, 0) is 14.8 Å². The predicted octanol–water partition coefficient (Wildman–Crippen LogP) is 6.06. The van der Waals surface area contributed by atoms with Crippen molar-refractivity contribution in [2.24, 2.45) is 5.92 Å². The monoisotopic (exact) mass is 528 g/mol. The minimum Gasteiger partial charge on any atom is -0.497 e. The van der Waals surface area contributed by atoms with Crippen LogP contribution in [0.3, 0.4) is 0 Å². The maximum absolute atomic E-state index is 13.7. The second kappa shape index (κ2) is 11.8. The second-order valence-corrected chi connectivity index (χ2v) is 11.6. The summed E-state index contributed by atoms with van der Waals surface area (Å²) in [5, 5.41) is 3.49. The molecule has 0 aliphatic carbocycles. The highest BCUT2D eigenvalue weighted by Crippen LogP contribution is 2.28. The largest absolute Gasteiger partial charge is 0.497 e. The smallest absolute Gasteiger partial charge is 0.264 e. The quantitative estimate of drug-likeness (QED) is 0.347. The average Bonchev–Trinajstić information content (AvgIpc) is 2.84. The van der Waals surface area contributed by atoms with Crippen molar-refractivity contribution in [3.8, 4) is 5.75 Å². The van der Waals surface area contributed by atoms with Crippen LogP contribution in [0, 0.1) is 19.8 Å². The molecule has 0 saturated heterocycles. The van der Waals surface area contributed by atoms with Crippen molar-refractivity contribution >= 4 is 33.2 Å². The van der Waals surface area contributed by atoms with E-state index in [0.717, 1.165) is 26.7 Å². The Hall–Kier alpha value is -3.03. The van der Waals surface area contributed by atoms with Crippen LogP contribution in [0.1, 0.15) is 43.0 Å². The van der Waals surface area contributed by atoms with Gasteiger partial charge in [-0.3, -0.25) is 9.10 Å². The van der Waals surface area contributed by atoms with Crippen molar-refractivity contribution < 1.29 is 17.9 Å². The fraction of sp³-hybridized carbons (Fsp3) is 0.321. The first kappa shape index (κ1) is 27.6. The summed E-state index contributed by atoms with van der Waals surface area (Å²) >= 11 is 5.98. The third-order valence-electron chi connectivity index (χ3n) is 6.03. The lowest BCUT2D eigenvalue weighted by Crippen LogP contribution is -2.42. The lowest BCUT2D eigenvalue weighted by molar-refractivity contribution is -0.120. The van der Waals surface area contributed by atoms with Gasteiger partial charge in [-0.25, -0.2) is 8.42 Å². The predicted molar refractivity (Wildman–Crippen MR) is 145 cm³/mol. The van der Waals surface area contributed by atoms with Crippen LogP contribution in [-0.4, -0.2) is 28.0 Å². The lowest BCUT2D eigenvalue weighted by Gasteiger charge is -2.27. The molecule has 0 aromatic heterocycles. The summed E-state index contributed by atoms with van der Waals surface area (Å²) in [6, 6.07) is 18.5. The standard InChI is InChI=1S/C28H33ClN2O4S/c1-19(2)16-27(22-7-12-25(35-5)13-8-22)30-28(32)18-31(24-11-6-20(3)21(4)17-24)36(33,34)26-14-9-23(29)10-15-26/h6-15,17,19,27H,16,18H2,1-5H3,(H,30,32). The first-order valence-corrected chi connectivity index (χ1v) is 13.6. The van der Waals surface area contributed by atoms with Crippen LogP contribution in [0.4, 0.5) is 5.69 Å². The number of benzene rings is 3. The zero-order valence-corrected chi connectivity index (χ0v) is 22.9. The van der Waals surface area contributed by atoms with E-state index in [1.165, 1.54) is 24.3 Å². The molecule has 0 aliphatic rings. The molecule has 1 atom stereocenters. The van der Waals surface area contributed by atoms with Gasteiger partial charge < -0.3 is 10.1 Å². The van der Waals surface area contributed by atoms with Gasteiger partial charge in [0.15, 0.2) is 0 Å². The number of rotatable bonds is 10. The van der Waals surface area contributed by atoms with E-state index < -0.39 is 15.9 Å². The molecule has 0 spiro atoms. The Morgan fingerprint density at radius 2 is 1.61 bits per heavy atom. The normalized spacial score (nSPS) is 12.3. The average molecular weight is 529 g/mol. The number of hydrogen-bond acceptors (Lipinski definition) is 4. The van der Waals surface area contributed by atoms with E-state index in [0.29, 0.717) is 23.0 Å². The lowest BCUT2D eigenvalue weighted by atomic mass is 9.97. The van der Waals surface area contributed by atoms with Crippen LogP contribution in [0.15, 0.2) is 71.6 Å². The number of carbonyl (C=O) groups is 1. The highest BCUT2D eigenvalue weighted by Gasteiger charge is 2.28. The molecule has 3 aromatic carbocycles. The van der Waals surface area contributed by atoms with Crippen LogP contribution in [0.5, 0.6) is 5.75 Å². The van der Waals surface area contributed by atoms with Gasteiger partial charge >= 0.3 is 0 Å². The number of nitrogens with zero attached hydrogens (tertiary/aromatic N) is 1. The number of anilines is 1. The van der Waals surface area contributed by atoms with Crippen molar-refractivity contribution in [1.82, 2.24) is 5.32 Å². The number of carbonyl (C=O) groups excluding carboxylic acids is 1. The zero-order valence-electron chi connectivity index (χ0n) is 21.3. The number of ether oxygens (including phenoxy) is 1. The summed E-state index contributed by atoms with van der Waals surface area (Å²) in [5.74, 6) is 0.640. The van der Waals surface area contributed by atoms with E-state index in [2.05, 4.69) is 19.2 Å². The maximum atomic E-state index is 13.7. The SMILES string of the molecule is COc1ccc(C(CC(C)C)NC(=O)CN(c2ccc(C)c(C)c2)S(=O)(=O)c2ccc(Cl)cc2)cc1. The van der Waals surface area contributed by atoms with Gasteiger partial charge in [-0.05, 0) is 91.4 Å². The summed E-state index contributed by atoms with van der Waals surface area (Å²) in [7, 11) is -2.43. The molecule has 0 heterocycles. The minimum absolute atomic E-state index is 0.0619. The molecule has 3 aromatic rings. The number of amides is 1. The van der Waals surface area contributed by atoms with Crippen LogP contribution in [0.25, 0.3) is 0 Å². The maximum Gasteiger partial charge on any atom is 0.264 e.